The standard InChI is InChI=1S/C20H22N6O3S/c1-14-4-5-16(10-15(14)2)30(27,28)26-8-9-29-18(13-26)17-11-21-12-19(24-17)25-20-22-6-3-7-23-20/h3-7,10-12,18H,8-9,13H2,1-2H3,(H,22,23,24,25)/t18-/m0/s1. The van der Waals surface area contributed by atoms with Crippen molar-refractivity contribution >= 4 is 21.8 Å². The summed E-state index contributed by atoms with van der Waals surface area (Å²) in [5.74, 6) is 0.851. The molecule has 0 spiro atoms. The van der Waals surface area contributed by atoms with Gasteiger partial charge in [0, 0.05) is 25.5 Å². The maximum atomic E-state index is 13.1. The summed E-state index contributed by atoms with van der Waals surface area (Å²) in [4.78, 5) is 17.2. The van der Waals surface area contributed by atoms with E-state index in [1.54, 1.807) is 43.0 Å². The van der Waals surface area contributed by atoms with E-state index in [0.29, 0.717) is 17.5 Å². The number of aryl methyl sites for hydroxylation is 2. The van der Waals surface area contributed by atoms with E-state index < -0.39 is 16.1 Å². The van der Waals surface area contributed by atoms with Gasteiger partial charge in [0.05, 0.1) is 29.6 Å². The molecule has 4 rings (SSSR count). The van der Waals surface area contributed by atoms with Gasteiger partial charge < -0.3 is 10.1 Å². The summed E-state index contributed by atoms with van der Waals surface area (Å²) in [5.41, 5.74) is 2.53. The third-order valence-corrected chi connectivity index (χ3v) is 6.80. The molecule has 3 heterocycles. The summed E-state index contributed by atoms with van der Waals surface area (Å²) < 4.78 is 33.5. The van der Waals surface area contributed by atoms with Gasteiger partial charge in [-0.1, -0.05) is 6.07 Å². The molecule has 10 heteroatoms. The molecular formula is C20H22N6O3S. The minimum Gasteiger partial charge on any atom is -0.369 e. The number of aromatic nitrogens is 4. The zero-order chi connectivity index (χ0) is 21.1. The first-order chi connectivity index (χ1) is 14.4. The van der Waals surface area contributed by atoms with E-state index in [1.165, 1.54) is 4.31 Å². The lowest BCUT2D eigenvalue weighted by molar-refractivity contribution is -0.00506. The Balaban J connectivity index is 1.54. The number of sulfonamides is 1. The van der Waals surface area contributed by atoms with Crippen molar-refractivity contribution in [1.82, 2.24) is 24.2 Å². The van der Waals surface area contributed by atoms with Gasteiger partial charge in [0.15, 0.2) is 5.82 Å². The predicted molar refractivity (Wildman–Crippen MR) is 111 cm³/mol. The molecule has 1 aromatic carbocycles. The fourth-order valence-corrected chi connectivity index (χ4v) is 4.63. The number of benzene rings is 1. The minimum atomic E-state index is -3.63. The first-order valence-corrected chi connectivity index (χ1v) is 10.9. The molecule has 1 aliphatic heterocycles. The minimum absolute atomic E-state index is 0.162. The van der Waals surface area contributed by atoms with Crippen molar-refractivity contribution < 1.29 is 13.2 Å². The smallest absolute Gasteiger partial charge is 0.243 e. The highest BCUT2D eigenvalue weighted by Crippen LogP contribution is 2.27. The van der Waals surface area contributed by atoms with Crippen LogP contribution >= 0.6 is 0 Å². The average molecular weight is 427 g/mol. The fourth-order valence-electron chi connectivity index (χ4n) is 3.12. The van der Waals surface area contributed by atoms with Crippen LogP contribution in [0.3, 0.4) is 0 Å². The summed E-state index contributed by atoms with van der Waals surface area (Å²) in [6, 6.07) is 6.89. The lowest BCUT2D eigenvalue weighted by atomic mass is 10.1. The second-order valence-corrected chi connectivity index (χ2v) is 8.93. The molecule has 9 nitrogen and oxygen atoms in total. The van der Waals surface area contributed by atoms with Crippen LogP contribution in [0.1, 0.15) is 22.9 Å². The van der Waals surface area contributed by atoms with Gasteiger partial charge in [-0.05, 0) is 43.2 Å². The van der Waals surface area contributed by atoms with E-state index in [2.05, 4.69) is 25.3 Å². The van der Waals surface area contributed by atoms with Crippen molar-refractivity contribution in [2.75, 3.05) is 25.0 Å². The summed E-state index contributed by atoms with van der Waals surface area (Å²) in [6.45, 7) is 4.58. The Hall–Kier alpha value is -2.95. The van der Waals surface area contributed by atoms with Crippen LogP contribution in [0, 0.1) is 13.8 Å². The van der Waals surface area contributed by atoms with Crippen molar-refractivity contribution in [3.05, 3.63) is 65.9 Å². The Kier molecular flexibility index (Phi) is 5.71. The van der Waals surface area contributed by atoms with Gasteiger partial charge in [-0.2, -0.15) is 4.31 Å². The van der Waals surface area contributed by atoms with Crippen molar-refractivity contribution in [3.8, 4) is 0 Å². The number of rotatable bonds is 5. The Morgan fingerprint density at radius 3 is 2.70 bits per heavy atom. The molecule has 0 unspecified atom stereocenters. The highest BCUT2D eigenvalue weighted by atomic mass is 32.2. The summed E-state index contributed by atoms with van der Waals surface area (Å²) in [5, 5.41) is 2.98. The Morgan fingerprint density at radius 2 is 1.93 bits per heavy atom. The summed E-state index contributed by atoms with van der Waals surface area (Å²) in [6.07, 6.45) is 5.84. The molecule has 1 aliphatic rings. The number of nitrogens with one attached hydrogen (secondary N) is 1. The van der Waals surface area contributed by atoms with Gasteiger partial charge in [-0.3, -0.25) is 4.98 Å². The van der Waals surface area contributed by atoms with Crippen LogP contribution in [-0.2, 0) is 14.8 Å². The maximum absolute atomic E-state index is 13.1. The van der Waals surface area contributed by atoms with Crippen molar-refractivity contribution in [2.45, 2.75) is 24.8 Å². The maximum Gasteiger partial charge on any atom is 0.243 e. The number of morpholine rings is 1. The van der Waals surface area contributed by atoms with Crippen LogP contribution in [0.15, 0.2) is 53.9 Å². The Morgan fingerprint density at radius 1 is 1.13 bits per heavy atom. The molecule has 0 bridgehead atoms. The van der Waals surface area contributed by atoms with Crippen LogP contribution in [-0.4, -0.2) is 52.4 Å². The zero-order valence-corrected chi connectivity index (χ0v) is 17.5. The van der Waals surface area contributed by atoms with E-state index in [1.807, 2.05) is 19.9 Å². The molecule has 1 N–H and O–H groups in total. The molecule has 1 fully saturated rings. The van der Waals surface area contributed by atoms with Crippen LogP contribution in [0.5, 0.6) is 0 Å². The quantitative estimate of drug-likeness (QED) is 0.662. The van der Waals surface area contributed by atoms with Gasteiger partial charge in [0.2, 0.25) is 16.0 Å². The highest BCUT2D eigenvalue weighted by molar-refractivity contribution is 7.89. The molecule has 156 valence electrons. The fraction of sp³-hybridized carbons (Fsp3) is 0.300. The van der Waals surface area contributed by atoms with Crippen LogP contribution in [0.25, 0.3) is 0 Å². The highest BCUT2D eigenvalue weighted by Gasteiger charge is 2.32. The summed E-state index contributed by atoms with van der Waals surface area (Å²) >= 11 is 0. The lowest BCUT2D eigenvalue weighted by Crippen LogP contribution is -2.42. The lowest BCUT2D eigenvalue weighted by Gasteiger charge is -2.32. The van der Waals surface area contributed by atoms with Gasteiger partial charge >= 0.3 is 0 Å². The molecule has 1 saturated heterocycles. The number of hydrogen-bond donors (Lipinski definition) is 1. The molecule has 30 heavy (non-hydrogen) atoms. The Bertz CT molecular complexity index is 1140. The normalized spacial score (nSPS) is 17.6. The largest absolute Gasteiger partial charge is 0.369 e. The molecule has 0 aliphatic carbocycles. The molecule has 0 radical (unpaired) electrons. The summed E-state index contributed by atoms with van der Waals surface area (Å²) in [7, 11) is -3.63. The molecule has 1 atom stereocenters. The molecule has 3 aromatic rings. The van der Waals surface area contributed by atoms with Crippen molar-refractivity contribution in [1.29, 1.82) is 0 Å². The second kappa shape index (κ2) is 8.42. The van der Waals surface area contributed by atoms with Gasteiger partial charge in [-0.25, -0.2) is 23.4 Å². The van der Waals surface area contributed by atoms with Gasteiger partial charge in [0.25, 0.3) is 0 Å². The molecular weight excluding hydrogens is 404 g/mol. The number of ether oxygens (including phenoxy) is 1. The van der Waals surface area contributed by atoms with E-state index >= 15 is 0 Å². The van der Waals surface area contributed by atoms with Crippen LogP contribution in [0.4, 0.5) is 11.8 Å². The third kappa shape index (κ3) is 4.30. The Labute approximate surface area is 175 Å². The topological polar surface area (TPSA) is 110 Å². The van der Waals surface area contributed by atoms with E-state index in [9.17, 15) is 8.42 Å². The van der Waals surface area contributed by atoms with E-state index in [4.69, 9.17) is 4.74 Å². The van der Waals surface area contributed by atoms with E-state index in [-0.39, 0.29) is 24.6 Å². The van der Waals surface area contributed by atoms with Crippen molar-refractivity contribution in [2.24, 2.45) is 0 Å². The SMILES string of the molecule is Cc1ccc(S(=O)(=O)N2CCO[C@H](c3cncc(Nc4ncccn4)n3)C2)cc1C. The van der Waals surface area contributed by atoms with Crippen LogP contribution < -0.4 is 5.32 Å². The first-order valence-electron chi connectivity index (χ1n) is 9.48. The third-order valence-electron chi connectivity index (χ3n) is 4.93. The van der Waals surface area contributed by atoms with Crippen molar-refractivity contribution in [3.63, 3.8) is 0 Å². The van der Waals surface area contributed by atoms with Crippen LogP contribution in [0.2, 0.25) is 0 Å². The van der Waals surface area contributed by atoms with E-state index in [0.717, 1.165) is 11.1 Å². The molecule has 0 saturated carbocycles. The predicted octanol–water partition coefficient (Wildman–Crippen LogP) is 2.39. The monoisotopic (exact) mass is 426 g/mol. The number of nitrogens with zero attached hydrogens (tertiary/aromatic N) is 5. The van der Waals surface area contributed by atoms with Gasteiger partial charge in [0.1, 0.15) is 6.10 Å². The number of anilines is 2. The molecule has 2 aromatic heterocycles. The number of hydrogen-bond acceptors (Lipinski definition) is 8. The second-order valence-electron chi connectivity index (χ2n) is 7.00. The average Bonchev–Trinajstić information content (AvgIpc) is 2.76. The first kappa shape index (κ1) is 20.3. The molecule has 0 amide bonds. The van der Waals surface area contributed by atoms with Gasteiger partial charge in [-0.15, -0.1) is 0 Å². The zero-order valence-electron chi connectivity index (χ0n) is 16.7.